The van der Waals surface area contributed by atoms with Gasteiger partial charge in [-0.3, -0.25) is 15.6 Å². The lowest BCUT2D eigenvalue weighted by molar-refractivity contribution is 0.0662. The number of hydrogen-bond acceptors (Lipinski definition) is 5. The number of benzene rings is 1. The lowest BCUT2D eigenvalue weighted by Crippen LogP contribution is -2.46. The molecule has 1 amide bonds. The molecule has 6 nitrogen and oxygen atoms in total. The van der Waals surface area contributed by atoms with E-state index < -0.39 is 0 Å². The molecule has 0 saturated carbocycles. The number of aromatic nitrogens is 1. The van der Waals surface area contributed by atoms with Crippen molar-refractivity contribution in [1.29, 1.82) is 0 Å². The molecule has 0 radical (unpaired) electrons. The highest BCUT2D eigenvalue weighted by molar-refractivity contribution is 5.93. The predicted octanol–water partition coefficient (Wildman–Crippen LogP) is 2.49. The maximum Gasteiger partial charge on any atom is 0.276 e. The van der Waals surface area contributed by atoms with Gasteiger partial charge in [0.2, 0.25) is 0 Å². The van der Waals surface area contributed by atoms with Crippen LogP contribution < -0.4 is 10.9 Å². The molecule has 2 atom stereocenters. The summed E-state index contributed by atoms with van der Waals surface area (Å²) >= 11 is 0. The number of amides is 1. The third-order valence-corrected chi connectivity index (χ3v) is 5.80. The fourth-order valence-corrected chi connectivity index (χ4v) is 4.33. The summed E-state index contributed by atoms with van der Waals surface area (Å²) in [7, 11) is 0. The summed E-state index contributed by atoms with van der Waals surface area (Å²) in [5.41, 5.74) is 8.07. The van der Waals surface area contributed by atoms with Crippen molar-refractivity contribution in [3.05, 3.63) is 53.5 Å². The number of piperidine rings is 1. The number of rotatable bonds is 4. The van der Waals surface area contributed by atoms with Crippen molar-refractivity contribution in [3.8, 4) is 0 Å². The van der Waals surface area contributed by atoms with Gasteiger partial charge in [0.15, 0.2) is 12.1 Å². The van der Waals surface area contributed by atoms with Gasteiger partial charge in [-0.05, 0) is 36.5 Å². The van der Waals surface area contributed by atoms with Crippen molar-refractivity contribution in [2.24, 2.45) is 5.92 Å². The number of hydrogen-bond donors (Lipinski definition) is 2. The smallest absolute Gasteiger partial charge is 0.276 e. The average molecular weight is 372 g/mol. The van der Waals surface area contributed by atoms with Gasteiger partial charge >= 0.3 is 0 Å². The number of hydrazine groups is 1. The lowest BCUT2D eigenvalue weighted by Gasteiger charge is -2.36. The number of nitrogens with zero attached hydrogens (tertiary/aromatic N) is 2. The minimum atomic E-state index is -0.196. The lowest BCUT2D eigenvalue weighted by atomic mass is 9.80. The van der Waals surface area contributed by atoms with Crippen molar-refractivity contribution < 1.29 is 13.6 Å². The molecule has 2 unspecified atom stereocenters. The van der Waals surface area contributed by atoms with Crippen LogP contribution in [-0.4, -0.2) is 41.5 Å². The zero-order valence-electron chi connectivity index (χ0n) is 15.5. The van der Waals surface area contributed by atoms with Crippen LogP contribution >= 0.6 is 0 Å². The van der Waals surface area contributed by atoms with Crippen molar-refractivity contribution in [2.75, 3.05) is 19.6 Å². The van der Waals surface area contributed by atoms with Gasteiger partial charge in [-0.25, -0.2) is 9.37 Å². The first-order valence-corrected chi connectivity index (χ1v) is 9.63. The summed E-state index contributed by atoms with van der Waals surface area (Å²) in [6.07, 6.45) is 3.83. The summed E-state index contributed by atoms with van der Waals surface area (Å²) in [6.45, 7) is 4.14. The van der Waals surface area contributed by atoms with Crippen LogP contribution in [0, 0.1) is 11.7 Å². The van der Waals surface area contributed by atoms with E-state index in [-0.39, 0.29) is 23.7 Å². The van der Waals surface area contributed by atoms with Crippen LogP contribution in [0.15, 0.2) is 35.1 Å². The van der Waals surface area contributed by atoms with Crippen molar-refractivity contribution >= 4 is 5.91 Å². The predicted molar refractivity (Wildman–Crippen MR) is 98.6 cm³/mol. The minimum absolute atomic E-state index is 0.0433. The largest absolute Gasteiger partial charge is 0.448 e. The minimum Gasteiger partial charge on any atom is -0.448 e. The molecule has 0 bridgehead atoms. The molecule has 2 aliphatic heterocycles. The quantitative estimate of drug-likeness (QED) is 0.863. The number of nitrogens with one attached hydrogen (secondary N) is 2. The first-order valence-electron chi connectivity index (χ1n) is 9.63. The molecule has 144 valence electrons. The van der Waals surface area contributed by atoms with Crippen molar-refractivity contribution in [3.63, 3.8) is 0 Å². The molecule has 0 spiro atoms. The monoisotopic (exact) mass is 372 g/mol. The molecule has 2 aromatic rings. The Morgan fingerprint density at radius 1 is 1.37 bits per heavy atom. The van der Waals surface area contributed by atoms with Gasteiger partial charge in [-0.2, -0.15) is 0 Å². The Bertz CT molecular complexity index is 801. The van der Waals surface area contributed by atoms with E-state index in [1.54, 1.807) is 12.1 Å². The number of aryl methyl sites for hydroxylation is 1. The molecule has 0 aliphatic carbocycles. The molecule has 2 aliphatic rings. The van der Waals surface area contributed by atoms with Gasteiger partial charge in [-0.1, -0.05) is 19.1 Å². The molecule has 7 heteroatoms. The summed E-state index contributed by atoms with van der Waals surface area (Å²) in [4.78, 5) is 18.7. The highest BCUT2D eigenvalue weighted by Crippen LogP contribution is 2.33. The van der Waals surface area contributed by atoms with Gasteiger partial charge in [0.25, 0.3) is 5.91 Å². The SMILES string of the molecule is CCc1ocnc1C(=O)N1CCC(C2NNCC2c2cccc(F)c2)CC1. The Morgan fingerprint density at radius 2 is 2.19 bits per heavy atom. The highest BCUT2D eigenvalue weighted by atomic mass is 19.1. The van der Waals surface area contributed by atoms with Crippen LogP contribution in [0.4, 0.5) is 4.39 Å². The van der Waals surface area contributed by atoms with Crippen LogP contribution in [0.1, 0.15) is 47.5 Å². The Hall–Kier alpha value is -2.25. The summed E-state index contributed by atoms with van der Waals surface area (Å²) in [5, 5.41) is 0. The first-order chi connectivity index (χ1) is 13.2. The molecule has 1 aromatic carbocycles. The van der Waals surface area contributed by atoms with Gasteiger partial charge in [0.1, 0.15) is 11.6 Å². The molecule has 27 heavy (non-hydrogen) atoms. The zero-order chi connectivity index (χ0) is 18.8. The second-order valence-electron chi connectivity index (χ2n) is 7.32. The number of carbonyl (C=O) groups excluding carboxylic acids is 1. The number of carbonyl (C=O) groups is 1. The van der Waals surface area contributed by atoms with Crippen LogP contribution in [0.3, 0.4) is 0 Å². The van der Waals surface area contributed by atoms with Crippen LogP contribution in [-0.2, 0) is 6.42 Å². The summed E-state index contributed by atoms with van der Waals surface area (Å²) < 4.78 is 18.9. The van der Waals surface area contributed by atoms with E-state index in [1.807, 2.05) is 17.9 Å². The molecule has 4 rings (SSSR count). The Kier molecular flexibility index (Phi) is 5.22. The molecule has 2 saturated heterocycles. The van der Waals surface area contributed by atoms with Crippen molar-refractivity contribution in [1.82, 2.24) is 20.7 Å². The number of oxazole rings is 1. The van der Waals surface area contributed by atoms with E-state index >= 15 is 0 Å². The molecule has 2 N–H and O–H groups in total. The highest BCUT2D eigenvalue weighted by Gasteiger charge is 2.37. The maximum absolute atomic E-state index is 13.6. The van der Waals surface area contributed by atoms with E-state index in [4.69, 9.17) is 4.42 Å². The van der Waals surface area contributed by atoms with E-state index in [9.17, 15) is 9.18 Å². The topological polar surface area (TPSA) is 70.4 Å². The summed E-state index contributed by atoms with van der Waals surface area (Å²) in [5.74, 6) is 1.07. The van der Waals surface area contributed by atoms with E-state index in [1.165, 1.54) is 12.5 Å². The zero-order valence-corrected chi connectivity index (χ0v) is 15.5. The molecular formula is C20H25FN4O2. The normalized spacial score (nSPS) is 23.7. The Labute approximate surface area is 158 Å². The standard InChI is InChI=1S/C20H25FN4O2/c1-2-17-19(22-12-27-17)20(26)25-8-6-13(7-9-25)18-16(11-23-24-18)14-4-3-5-15(21)10-14/h3-5,10,12-13,16,18,23-24H,2,6-9,11H2,1H3. The van der Waals surface area contributed by atoms with Crippen LogP contribution in [0.2, 0.25) is 0 Å². The van der Waals surface area contributed by atoms with Crippen LogP contribution in [0.25, 0.3) is 0 Å². The Morgan fingerprint density at radius 3 is 2.93 bits per heavy atom. The van der Waals surface area contributed by atoms with E-state index in [2.05, 4.69) is 15.8 Å². The molecule has 2 fully saturated rings. The fraction of sp³-hybridized carbons (Fsp3) is 0.500. The van der Waals surface area contributed by atoms with Gasteiger partial charge < -0.3 is 9.32 Å². The third-order valence-electron chi connectivity index (χ3n) is 5.80. The molecular weight excluding hydrogens is 347 g/mol. The second kappa shape index (κ2) is 7.78. The number of halogens is 1. The van der Waals surface area contributed by atoms with Crippen molar-refractivity contribution in [2.45, 2.75) is 38.1 Å². The first kappa shape index (κ1) is 18.1. The number of likely N-dealkylation sites (tertiary alicyclic amines) is 1. The van der Waals surface area contributed by atoms with E-state index in [0.717, 1.165) is 24.9 Å². The second-order valence-corrected chi connectivity index (χ2v) is 7.32. The molecule has 3 heterocycles. The Balaban J connectivity index is 1.41. The fourth-order valence-electron chi connectivity index (χ4n) is 4.33. The van der Waals surface area contributed by atoms with Crippen LogP contribution in [0.5, 0.6) is 0 Å². The third kappa shape index (κ3) is 3.61. The van der Waals surface area contributed by atoms with Gasteiger partial charge in [0.05, 0.1) is 0 Å². The average Bonchev–Trinajstić information content (AvgIpc) is 3.37. The van der Waals surface area contributed by atoms with Gasteiger partial charge in [0, 0.05) is 38.0 Å². The maximum atomic E-state index is 13.6. The summed E-state index contributed by atoms with van der Waals surface area (Å²) in [6, 6.07) is 7.10. The van der Waals surface area contributed by atoms with E-state index in [0.29, 0.717) is 36.9 Å². The molecule has 1 aromatic heterocycles. The van der Waals surface area contributed by atoms with Gasteiger partial charge in [-0.15, -0.1) is 0 Å².